The zero-order valence-electron chi connectivity index (χ0n) is 14.0. The third-order valence-electron chi connectivity index (χ3n) is 4.21. The standard InChI is InChI=1S/C17H26O5/c1-10(14-9-21-17(3,4)22-14)6-12-7-11(2)16(20-5)15(19)13(12)8-18/h7,10,14,18-19H,6,8-9H2,1-5H3/t10-,14?/m0/s1. The summed E-state index contributed by atoms with van der Waals surface area (Å²) in [6.45, 7) is 8.12. The predicted molar refractivity (Wildman–Crippen MR) is 83.1 cm³/mol. The average molecular weight is 310 g/mol. The normalized spacial score (nSPS) is 21.8. The van der Waals surface area contributed by atoms with Gasteiger partial charge in [0.25, 0.3) is 0 Å². The van der Waals surface area contributed by atoms with Gasteiger partial charge in [-0.25, -0.2) is 0 Å². The quantitative estimate of drug-likeness (QED) is 0.875. The highest BCUT2D eigenvalue weighted by molar-refractivity contribution is 5.54. The first-order valence-corrected chi connectivity index (χ1v) is 7.60. The number of rotatable bonds is 5. The molecule has 1 unspecified atom stereocenters. The number of benzene rings is 1. The molecule has 1 aromatic carbocycles. The van der Waals surface area contributed by atoms with Gasteiger partial charge < -0.3 is 24.4 Å². The third-order valence-corrected chi connectivity index (χ3v) is 4.21. The van der Waals surface area contributed by atoms with E-state index in [0.29, 0.717) is 24.3 Å². The van der Waals surface area contributed by atoms with E-state index >= 15 is 0 Å². The van der Waals surface area contributed by atoms with Crippen LogP contribution in [0.25, 0.3) is 0 Å². The molecule has 22 heavy (non-hydrogen) atoms. The Kier molecular flexibility index (Phi) is 5.00. The molecular weight excluding hydrogens is 284 g/mol. The monoisotopic (exact) mass is 310 g/mol. The van der Waals surface area contributed by atoms with Crippen LogP contribution < -0.4 is 4.74 Å². The summed E-state index contributed by atoms with van der Waals surface area (Å²) in [6, 6.07) is 1.96. The number of aliphatic hydroxyl groups is 1. The molecule has 5 nitrogen and oxygen atoms in total. The third kappa shape index (κ3) is 3.37. The minimum absolute atomic E-state index is 0.00564. The van der Waals surface area contributed by atoms with Crippen LogP contribution in [0.5, 0.6) is 11.5 Å². The number of methoxy groups -OCH3 is 1. The molecular formula is C17H26O5. The highest BCUT2D eigenvalue weighted by atomic mass is 16.7. The van der Waals surface area contributed by atoms with E-state index in [9.17, 15) is 10.2 Å². The van der Waals surface area contributed by atoms with Crippen LogP contribution in [0.4, 0.5) is 0 Å². The van der Waals surface area contributed by atoms with Crippen molar-refractivity contribution in [1.82, 2.24) is 0 Å². The molecule has 2 atom stereocenters. The molecule has 1 aliphatic heterocycles. The van der Waals surface area contributed by atoms with Gasteiger partial charge in [-0.3, -0.25) is 0 Å². The fourth-order valence-corrected chi connectivity index (χ4v) is 2.98. The molecule has 5 heteroatoms. The van der Waals surface area contributed by atoms with Crippen LogP contribution in [0.1, 0.15) is 37.5 Å². The van der Waals surface area contributed by atoms with Crippen molar-refractivity contribution >= 4 is 0 Å². The van der Waals surface area contributed by atoms with Gasteiger partial charge in [0.15, 0.2) is 17.3 Å². The van der Waals surface area contributed by atoms with Crippen LogP contribution in [0.2, 0.25) is 0 Å². The zero-order valence-corrected chi connectivity index (χ0v) is 14.0. The molecule has 0 aromatic heterocycles. The van der Waals surface area contributed by atoms with Crippen molar-refractivity contribution in [2.75, 3.05) is 13.7 Å². The number of aromatic hydroxyl groups is 1. The second-order valence-corrected chi connectivity index (χ2v) is 6.42. The maximum absolute atomic E-state index is 10.3. The molecule has 0 amide bonds. The van der Waals surface area contributed by atoms with Gasteiger partial charge in [0, 0.05) is 5.56 Å². The molecule has 1 aromatic rings. The maximum atomic E-state index is 10.3. The van der Waals surface area contributed by atoms with Crippen molar-refractivity contribution in [3.05, 3.63) is 22.8 Å². The summed E-state index contributed by atoms with van der Waals surface area (Å²) in [5.41, 5.74) is 2.29. The van der Waals surface area contributed by atoms with Gasteiger partial charge in [0.1, 0.15) is 0 Å². The Morgan fingerprint density at radius 1 is 1.45 bits per heavy atom. The first kappa shape index (κ1) is 17.1. The number of aliphatic hydroxyl groups excluding tert-OH is 1. The molecule has 124 valence electrons. The number of aryl methyl sites for hydroxylation is 1. The summed E-state index contributed by atoms with van der Waals surface area (Å²) in [4.78, 5) is 0. The van der Waals surface area contributed by atoms with E-state index in [1.54, 1.807) is 0 Å². The second-order valence-electron chi connectivity index (χ2n) is 6.42. The Balaban J connectivity index is 2.22. The zero-order chi connectivity index (χ0) is 16.5. The Morgan fingerprint density at radius 3 is 2.64 bits per heavy atom. The van der Waals surface area contributed by atoms with Crippen molar-refractivity contribution in [3.63, 3.8) is 0 Å². The highest BCUT2D eigenvalue weighted by Gasteiger charge is 2.36. The van der Waals surface area contributed by atoms with Crippen molar-refractivity contribution < 1.29 is 24.4 Å². The molecule has 1 fully saturated rings. The lowest BCUT2D eigenvalue weighted by molar-refractivity contribution is -0.143. The van der Waals surface area contributed by atoms with Gasteiger partial charge in [-0.2, -0.15) is 0 Å². The van der Waals surface area contributed by atoms with Gasteiger partial charge in [0.05, 0.1) is 26.4 Å². The van der Waals surface area contributed by atoms with Gasteiger partial charge in [-0.15, -0.1) is 0 Å². The first-order valence-electron chi connectivity index (χ1n) is 7.60. The Bertz CT molecular complexity index is 538. The molecule has 2 N–H and O–H groups in total. The van der Waals surface area contributed by atoms with E-state index in [4.69, 9.17) is 14.2 Å². The van der Waals surface area contributed by atoms with Gasteiger partial charge in [-0.1, -0.05) is 13.0 Å². The van der Waals surface area contributed by atoms with E-state index in [0.717, 1.165) is 11.1 Å². The minimum atomic E-state index is -0.545. The molecule has 0 aliphatic carbocycles. The van der Waals surface area contributed by atoms with Crippen LogP contribution in [-0.4, -0.2) is 35.8 Å². The van der Waals surface area contributed by atoms with Crippen LogP contribution in [0, 0.1) is 12.8 Å². The van der Waals surface area contributed by atoms with E-state index in [-0.39, 0.29) is 24.4 Å². The first-order chi connectivity index (χ1) is 10.3. The molecule has 1 aliphatic rings. The van der Waals surface area contributed by atoms with Gasteiger partial charge >= 0.3 is 0 Å². The summed E-state index contributed by atoms with van der Waals surface area (Å²) in [5.74, 6) is 0.105. The fraction of sp³-hybridized carbons (Fsp3) is 0.647. The molecule has 0 saturated carbocycles. The lowest BCUT2D eigenvalue weighted by atomic mass is 9.91. The number of hydrogen-bond acceptors (Lipinski definition) is 5. The molecule has 1 saturated heterocycles. The lowest BCUT2D eigenvalue weighted by Gasteiger charge is -2.23. The topological polar surface area (TPSA) is 68.2 Å². The maximum Gasteiger partial charge on any atom is 0.163 e. The summed E-state index contributed by atoms with van der Waals surface area (Å²) < 4.78 is 16.7. The second kappa shape index (κ2) is 6.44. The summed E-state index contributed by atoms with van der Waals surface area (Å²) >= 11 is 0. The van der Waals surface area contributed by atoms with Crippen LogP contribution in [-0.2, 0) is 22.5 Å². The van der Waals surface area contributed by atoms with Crippen molar-refractivity contribution in [1.29, 1.82) is 0 Å². The molecule has 0 bridgehead atoms. The van der Waals surface area contributed by atoms with Crippen LogP contribution >= 0.6 is 0 Å². The van der Waals surface area contributed by atoms with Crippen molar-refractivity contribution in [2.45, 2.75) is 52.6 Å². The summed E-state index contributed by atoms with van der Waals surface area (Å²) in [6.07, 6.45) is 0.698. The average Bonchev–Trinajstić information content (AvgIpc) is 2.79. The Labute approximate surface area is 131 Å². The number of ether oxygens (including phenoxy) is 3. The van der Waals surface area contributed by atoms with Gasteiger partial charge in [0.2, 0.25) is 0 Å². The molecule has 2 rings (SSSR count). The lowest BCUT2D eigenvalue weighted by Crippen LogP contribution is -2.26. The predicted octanol–water partition coefficient (Wildman–Crippen LogP) is 2.53. The highest BCUT2D eigenvalue weighted by Crippen LogP contribution is 2.37. The minimum Gasteiger partial charge on any atom is -0.504 e. The molecule has 1 heterocycles. The summed E-state index contributed by atoms with van der Waals surface area (Å²) in [5, 5.41) is 19.9. The van der Waals surface area contributed by atoms with E-state index < -0.39 is 5.79 Å². The smallest absolute Gasteiger partial charge is 0.163 e. The molecule has 0 spiro atoms. The Hall–Kier alpha value is -1.30. The Morgan fingerprint density at radius 2 is 2.14 bits per heavy atom. The van der Waals surface area contributed by atoms with Crippen LogP contribution in [0.3, 0.4) is 0 Å². The van der Waals surface area contributed by atoms with E-state index in [1.165, 1.54) is 7.11 Å². The fourth-order valence-electron chi connectivity index (χ4n) is 2.98. The summed E-state index contributed by atoms with van der Waals surface area (Å²) in [7, 11) is 1.51. The number of hydrogen-bond donors (Lipinski definition) is 2. The van der Waals surface area contributed by atoms with Crippen molar-refractivity contribution in [3.8, 4) is 11.5 Å². The van der Waals surface area contributed by atoms with Crippen molar-refractivity contribution in [2.24, 2.45) is 5.92 Å². The number of phenols is 1. The largest absolute Gasteiger partial charge is 0.504 e. The van der Waals surface area contributed by atoms with Gasteiger partial charge in [-0.05, 0) is 44.2 Å². The van der Waals surface area contributed by atoms with E-state index in [2.05, 4.69) is 6.92 Å². The SMILES string of the molecule is COc1c(C)cc(C[C@H](C)C2COC(C)(C)O2)c(CO)c1O. The van der Waals surface area contributed by atoms with E-state index in [1.807, 2.05) is 26.8 Å². The molecule has 0 radical (unpaired) electrons. The van der Waals surface area contributed by atoms with Crippen LogP contribution in [0.15, 0.2) is 6.07 Å².